The highest BCUT2D eigenvalue weighted by Crippen LogP contribution is 2.18. The maximum absolute atomic E-state index is 5.80. The van der Waals surface area contributed by atoms with Crippen molar-refractivity contribution >= 4 is 12.2 Å². The first-order valence-electron chi connectivity index (χ1n) is 10.7. The Morgan fingerprint density at radius 3 is 2.47 bits per heavy atom. The third-order valence-electron chi connectivity index (χ3n) is 4.70. The maximum Gasteiger partial charge on any atom is 0.244 e. The number of hydrogen-bond acceptors (Lipinski definition) is 5. The summed E-state index contributed by atoms with van der Waals surface area (Å²) in [5.74, 6) is 1.37. The van der Waals surface area contributed by atoms with E-state index in [4.69, 9.17) is 4.74 Å². The molecular weight excluding hydrogens is 372 g/mol. The summed E-state index contributed by atoms with van der Waals surface area (Å²) in [6.45, 7) is 4.95. The molecule has 3 aromatic rings. The van der Waals surface area contributed by atoms with Crippen molar-refractivity contribution in [3.05, 3.63) is 71.9 Å². The van der Waals surface area contributed by atoms with Crippen molar-refractivity contribution in [3.63, 3.8) is 0 Å². The smallest absolute Gasteiger partial charge is 0.244 e. The van der Waals surface area contributed by atoms with Crippen LogP contribution < -0.4 is 10.2 Å². The molecule has 0 spiro atoms. The molecule has 5 heteroatoms. The molecule has 2 aromatic carbocycles. The number of benzene rings is 2. The number of unbranched alkanes of at least 4 members (excludes halogenated alkanes) is 4. The quantitative estimate of drug-likeness (QED) is 0.234. The lowest BCUT2D eigenvalue weighted by molar-refractivity contribution is 0.304. The van der Waals surface area contributed by atoms with Crippen molar-refractivity contribution in [3.8, 4) is 17.0 Å². The predicted octanol–water partition coefficient (Wildman–Crippen LogP) is 6.25. The second-order valence-corrected chi connectivity index (χ2v) is 7.29. The average molecular weight is 403 g/mol. The van der Waals surface area contributed by atoms with Crippen molar-refractivity contribution in [2.24, 2.45) is 5.10 Å². The van der Waals surface area contributed by atoms with Gasteiger partial charge in [0.2, 0.25) is 5.95 Å². The molecule has 0 unspecified atom stereocenters. The molecule has 1 heterocycles. The van der Waals surface area contributed by atoms with Gasteiger partial charge in [-0.05, 0) is 49.2 Å². The van der Waals surface area contributed by atoms with Crippen molar-refractivity contribution in [1.82, 2.24) is 9.97 Å². The molecule has 0 radical (unpaired) electrons. The number of hydrazone groups is 1. The number of aromatic nitrogens is 2. The van der Waals surface area contributed by atoms with E-state index >= 15 is 0 Å². The molecule has 0 fully saturated rings. The van der Waals surface area contributed by atoms with Gasteiger partial charge in [0, 0.05) is 11.3 Å². The topological polar surface area (TPSA) is 59.4 Å². The molecule has 3 rings (SSSR count). The predicted molar refractivity (Wildman–Crippen MR) is 124 cm³/mol. The summed E-state index contributed by atoms with van der Waals surface area (Å²) in [7, 11) is 0. The number of nitrogens with zero attached hydrogens (tertiary/aromatic N) is 3. The number of anilines is 1. The summed E-state index contributed by atoms with van der Waals surface area (Å²) in [5, 5.41) is 4.28. The Labute approximate surface area is 179 Å². The highest BCUT2D eigenvalue weighted by molar-refractivity contribution is 5.80. The summed E-state index contributed by atoms with van der Waals surface area (Å²) < 4.78 is 5.80. The van der Waals surface area contributed by atoms with Crippen LogP contribution >= 0.6 is 0 Å². The van der Waals surface area contributed by atoms with Crippen molar-refractivity contribution < 1.29 is 4.74 Å². The van der Waals surface area contributed by atoms with Gasteiger partial charge in [-0.3, -0.25) is 0 Å². The van der Waals surface area contributed by atoms with Crippen LogP contribution in [0.4, 0.5) is 5.95 Å². The zero-order chi connectivity index (χ0) is 21.0. The van der Waals surface area contributed by atoms with E-state index in [1.165, 1.54) is 25.7 Å². The standard InChI is InChI=1S/C25H30N4O/c1-3-4-5-6-10-17-30-23-15-13-21(14-16-23)19-26-29-25-27-20(2)18-24(28-25)22-11-8-7-9-12-22/h7-9,11-16,18-19H,3-6,10,17H2,1-2H3,(H,27,28,29). The number of ether oxygens (including phenoxy) is 1. The SMILES string of the molecule is CCCCCCCOc1ccc(C=NNc2nc(C)cc(-c3ccccc3)n2)cc1. The highest BCUT2D eigenvalue weighted by atomic mass is 16.5. The van der Waals surface area contributed by atoms with Crippen LogP contribution in [0.2, 0.25) is 0 Å². The molecule has 156 valence electrons. The van der Waals surface area contributed by atoms with Crippen LogP contribution in [-0.4, -0.2) is 22.8 Å². The van der Waals surface area contributed by atoms with Gasteiger partial charge in [0.05, 0.1) is 18.5 Å². The molecular formula is C25H30N4O. The highest BCUT2D eigenvalue weighted by Gasteiger charge is 2.03. The zero-order valence-corrected chi connectivity index (χ0v) is 17.8. The Bertz CT molecular complexity index is 924. The Balaban J connectivity index is 1.51. The van der Waals surface area contributed by atoms with Crippen LogP contribution in [0, 0.1) is 6.92 Å². The van der Waals surface area contributed by atoms with E-state index in [2.05, 4.69) is 27.4 Å². The molecule has 0 atom stereocenters. The Hall–Kier alpha value is -3.21. The fraction of sp³-hybridized carbons (Fsp3) is 0.320. The van der Waals surface area contributed by atoms with Gasteiger partial charge < -0.3 is 4.74 Å². The molecule has 30 heavy (non-hydrogen) atoms. The van der Waals surface area contributed by atoms with Crippen molar-refractivity contribution in [2.75, 3.05) is 12.0 Å². The van der Waals surface area contributed by atoms with Crippen molar-refractivity contribution in [2.45, 2.75) is 46.0 Å². The van der Waals surface area contributed by atoms with Gasteiger partial charge in [-0.15, -0.1) is 0 Å². The molecule has 0 bridgehead atoms. The van der Waals surface area contributed by atoms with Crippen LogP contribution in [0.15, 0.2) is 65.8 Å². The number of rotatable bonds is 11. The van der Waals surface area contributed by atoms with E-state index in [1.54, 1.807) is 6.21 Å². The molecule has 5 nitrogen and oxygen atoms in total. The Morgan fingerprint density at radius 2 is 1.70 bits per heavy atom. The van der Waals surface area contributed by atoms with E-state index in [1.807, 2.05) is 67.6 Å². The zero-order valence-electron chi connectivity index (χ0n) is 17.8. The number of nitrogens with one attached hydrogen (secondary N) is 1. The van der Waals surface area contributed by atoms with Gasteiger partial charge >= 0.3 is 0 Å². The monoisotopic (exact) mass is 402 g/mol. The fourth-order valence-corrected chi connectivity index (χ4v) is 3.09. The van der Waals surface area contributed by atoms with Gasteiger partial charge in [0.25, 0.3) is 0 Å². The van der Waals surface area contributed by atoms with Crippen LogP contribution in [-0.2, 0) is 0 Å². The summed E-state index contributed by atoms with van der Waals surface area (Å²) in [6.07, 6.45) is 7.96. The lowest BCUT2D eigenvalue weighted by atomic mass is 10.1. The summed E-state index contributed by atoms with van der Waals surface area (Å²) in [5.41, 5.74) is 6.72. The molecule has 0 aliphatic rings. The lowest BCUT2D eigenvalue weighted by Crippen LogP contribution is -2.00. The maximum atomic E-state index is 5.80. The van der Waals surface area contributed by atoms with Gasteiger partial charge in [0.1, 0.15) is 5.75 Å². The molecule has 0 aliphatic carbocycles. The van der Waals surface area contributed by atoms with E-state index in [-0.39, 0.29) is 0 Å². The average Bonchev–Trinajstić information content (AvgIpc) is 2.77. The molecule has 0 amide bonds. The fourth-order valence-electron chi connectivity index (χ4n) is 3.09. The molecule has 1 aromatic heterocycles. The Kier molecular flexibility index (Phi) is 8.39. The molecule has 0 saturated carbocycles. The van der Waals surface area contributed by atoms with Crippen LogP contribution in [0.1, 0.15) is 50.3 Å². The van der Waals surface area contributed by atoms with Crippen LogP contribution in [0.3, 0.4) is 0 Å². The molecule has 1 N–H and O–H groups in total. The third-order valence-corrected chi connectivity index (χ3v) is 4.70. The number of aryl methyl sites for hydroxylation is 1. The van der Waals surface area contributed by atoms with E-state index in [9.17, 15) is 0 Å². The minimum atomic E-state index is 0.480. The number of hydrogen-bond donors (Lipinski definition) is 1. The van der Waals surface area contributed by atoms with Crippen LogP contribution in [0.5, 0.6) is 5.75 Å². The van der Waals surface area contributed by atoms with Crippen molar-refractivity contribution in [1.29, 1.82) is 0 Å². The second-order valence-electron chi connectivity index (χ2n) is 7.29. The molecule has 0 aliphatic heterocycles. The first-order chi connectivity index (χ1) is 14.7. The normalized spacial score (nSPS) is 11.0. The largest absolute Gasteiger partial charge is 0.494 e. The van der Waals surface area contributed by atoms with Gasteiger partial charge in [-0.2, -0.15) is 5.10 Å². The summed E-state index contributed by atoms with van der Waals surface area (Å²) >= 11 is 0. The molecule has 0 saturated heterocycles. The minimum absolute atomic E-state index is 0.480. The van der Waals surface area contributed by atoms with E-state index in [0.717, 1.165) is 41.3 Å². The minimum Gasteiger partial charge on any atom is -0.494 e. The van der Waals surface area contributed by atoms with Gasteiger partial charge in [0.15, 0.2) is 0 Å². The van der Waals surface area contributed by atoms with Crippen LogP contribution in [0.25, 0.3) is 11.3 Å². The second kappa shape index (κ2) is 11.7. The summed E-state index contributed by atoms with van der Waals surface area (Å²) in [4.78, 5) is 8.96. The first-order valence-corrected chi connectivity index (χ1v) is 10.7. The van der Waals surface area contributed by atoms with E-state index in [0.29, 0.717) is 5.95 Å². The Morgan fingerprint density at radius 1 is 0.933 bits per heavy atom. The first kappa shape index (κ1) is 21.5. The lowest BCUT2D eigenvalue weighted by Gasteiger charge is -2.06. The third kappa shape index (κ3) is 6.99. The van der Waals surface area contributed by atoms with Gasteiger partial charge in [-0.25, -0.2) is 15.4 Å². The summed E-state index contributed by atoms with van der Waals surface area (Å²) in [6, 6.07) is 19.9. The van der Waals surface area contributed by atoms with Gasteiger partial charge in [-0.1, -0.05) is 62.9 Å². The van der Waals surface area contributed by atoms with E-state index < -0.39 is 0 Å².